The number of rotatable bonds is 6. The highest BCUT2D eigenvalue weighted by atomic mass is 79.9. The van der Waals surface area contributed by atoms with E-state index >= 15 is 0 Å². The second kappa shape index (κ2) is 9.04. The quantitative estimate of drug-likeness (QED) is 0.301. The molecule has 0 N–H and O–H groups in total. The summed E-state index contributed by atoms with van der Waals surface area (Å²) in [6, 6.07) is 14.8. The van der Waals surface area contributed by atoms with E-state index in [0.717, 1.165) is 10.4 Å². The van der Waals surface area contributed by atoms with Gasteiger partial charge in [0.05, 0.1) is 16.5 Å². The van der Waals surface area contributed by atoms with E-state index in [9.17, 15) is 4.79 Å². The maximum atomic E-state index is 12.2. The van der Waals surface area contributed by atoms with E-state index in [1.54, 1.807) is 19.3 Å². The first-order chi connectivity index (χ1) is 14.5. The molecule has 0 amide bonds. The van der Waals surface area contributed by atoms with Crippen molar-refractivity contribution >= 4 is 56.8 Å². The van der Waals surface area contributed by atoms with Gasteiger partial charge in [-0.3, -0.25) is 0 Å². The lowest BCUT2D eigenvalue weighted by atomic mass is 10.1. The Morgan fingerprint density at radius 1 is 1.23 bits per heavy atom. The molecule has 0 aliphatic carbocycles. The SMILES string of the molecule is COc1cc(C=C2N=C(c3cccs3)OC2=O)cc(Br)c1OCc1ccccc1Cl. The normalized spacial score (nSPS) is 14.6. The van der Waals surface area contributed by atoms with Gasteiger partial charge in [0.1, 0.15) is 6.61 Å². The summed E-state index contributed by atoms with van der Waals surface area (Å²) in [6.45, 7) is 0.288. The number of aliphatic imine (C=N–C) groups is 1. The average molecular weight is 505 g/mol. The fourth-order valence-electron chi connectivity index (χ4n) is 2.80. The van der Waals surface area contributed by atoms with Gasteiger partial charge in [0, 0.05) is 10.6 Å². The average Bonchev–Trinajstić information content (AvgIpc) is 3.38. The summed E-state index contributed by atoms with van der Waals surface area (Å²) in [6.07, 6.45) is 1.65. The van der Waals surface area contributed by atoms with Crippen LogP contribution in [-0.4, -0.2) is 19.0 Å². The predicted molar refractivity (Wildman–Crippen MR) is 121 cm³/mol. The van der Waals surface area contributed by atoms with E-state index in [0.29, 0.717) is 32.5 Å². The highest BCUT2D eigenvalue weighted by Gasteiger charge is 2.25. The zero-order valence-corrected chi connectivity index (χ0v) is 18.9. The Balaban J connectivity index is 1.60. The number of esters is 1. The Hall–Kier alpha value is -2.61. The maximum absolute atomic E-state index is 12.2. The summed E-state index contributed by atoms with van der Waals surface area (Å²) < 4.78 is 17.4. The van der Waals surface area contributed by atoms with Crippen LogP contribution in [0.25, 0.3) is 6.08 Å². The molecular weight excluding hydrogens is 490 g/mol. The van der Waals surface area contributed by atoms with Crippen molar-refractivity contribution in [3.63, 3.8) is 0 Å². The summed E-state index contributed by atoms with van der Waals surface area (Å²) >= 11 is 11.2. The van der Waals surface area contributed by atoms with Gasteiger partial charge in [0.2, 0.25) is 5.90 Å². The Bertz CT molecular complexity index is 1160. The summed E-state index contributed by atoms with van der Waals surface area (Å²) in [5.74, 6) is 0.868. The van der Waals surface area contributed by atoms with Gasteiger partial charge in [-0.05, 0) is 57.2 Å². The van der Waals surface area contributed by atoms with E-state index in [-0.39, 0.29) is 12.3 Å². The van der Waals surface area contributed by atoms with Gasteiger partial charge in [-0.1, -0.05) is 35.9 Å². The Morgan fingerprint density at radius 3 is 2.80 bits per heavy atom. The number of hydrogen-bond acceptors (Lipinski definition) is 6. The van der Waals surface area contributed by atoms with Gasteiger partial charge in [0.25, 0.3) is 0 Å². The molecule has 0 radical (unpaired) electrons. The first-order valence-corrected chi connectivity index (χ1v) is 10.9. The molecule has 0 atom stereocenters. The van der Waals surface area contributed by atoms with E-state index in [1.807, 2.05) is 47.8 Å². The van der Waals surface area contributed by atoms with Gasteiger partial charge < -0.3 is 14.2 Å². The fraction of sp³-hybridized carbons (Fsp3) is 0.0909. The first-order valence-electron chi connectivity index (χ1n) is 8.85. The minimum Gasteiger partial charge on any atom is -0.493 e. The standard InChI is InChI=1S/C22H15BrClNO4S/c1-27-18-11-13(10-17-22(26)29-21(25-17)19-7-4-8-30-19)9-15(23)20(18)28-12-14-5-2-3-6-16(14)24/h2-11H,12H2,1H3. The van der Waals surface area contributed by atoms with Crippen molar-refractivity contribution in [3.8, 4) is 11.5 Å². The van der Waals surface area contributed by atoms with Crippen LogP contribution >= 0.6 is 38.9 Å². The third-order valence-electron chi connectivity index (χ3n) is 4.24. The second-order valence-corrected chi connectivity index (χ2v) is 8.44. The monoisotopic (exact) mass is 503 g/mol. The molecule has 0 saturated heterocycles. The highest BCUT2D eigenvalue weighted by molar-refractivity contribution is 9.10. The van der Waals surface area contributed by atoms with Crippen LogP contribution in [0.2, 0.25) is 5.02 Å². The van der Waals surface area contributed by atoms with Crippen LogP contribution in [0.3, 0.4) is 0 Å². The molecule has 5 nitrogen and oxygen atoms in total. The summed E-state index contributed by atoms with van der Waals surface area (Å²) in [7, 11) is 1.55. The molecule has 1 aromatic heterocycles. The topological polar surface area (TPSA) is 57.1 Å². The minimum atomic E-state index is -0.493. The molecule has 3 aromatic rings. The molecule has 4 rings (SSSR count). The smallest absolute Gasteiger partial charge is 0.363 e. The Kier molecular flexibility index (Phi) is 6.22. The third kappa shape index (κ3) is 4.43. The van der Waals surface area contributed by atoms with Gasteiger partial charge in [-0.25, -0.2) is 9.79 Å². The van der Waals surface area contributed by atoms with Crippen LogP contribution in [0.5, 0.6) is 11.5 Å². The number of halogens is 2. The molecule has 152 valence electrons. The first kappa shape index (κ1) is 20.7. The van der Waals surface area contributed by atoms with Crippen LogP contribution in [0.15, 0.2) is 69.1 Å². The predicted octanol–water partition coefficient (Wildman–Crippen LogP) is 6.10. The van der Waals surface area contributed by atoms with Crippen molar-refractivity contribution < 1.29 is 19.0 Å². The summed E-state index contributed by atoms with van der Waals surface area (Å²) in [5.41, 5.74) is 1.80. The maximum Gasteiger partial charge on any atom is 0.363 e. The Morgan fingerprint density at radius 2 is 2.07 bits per heavy atom. The van der Waals surface area contributed by atoms with Crippen LogP contribution < -0.4 is 9.47 Å². The van der Waals surface area contributed by atoms with Crippen molar-refractivity contribution in [1.82, 2.24) is 0 Å². The van der Waals surface area contributed by atoms with Crippen LogP contribution in [0.4, 0.5) is 0 Å². The lowest BCUT2D eigenvalue weighted by Gasteiger charge is -2.14. The molecule has 1 aliphatic rings. The number of carbonyl (C=O) groups excluding carboxylic acids is 1. The largest absolute Gasteiger partial charge is 0.493 e. The van der Waals surface area contributed by atoms with Gasteiger partial charge in [0.15, 0.2) is 17.2 Å². The molecule has 1 aliphatic heterocycles. The molecular formula is C22H15BrClNO4S. The van der Waals surface area contributed by atoms with Crippen molar-refractivity contribution in [1.29, 1.82) is 0 Å². The molecule has 2 heterocycles. The number of carbonyl (C=O) groups is 1. The van der Waals surface area contributed by atoms with Crippen LogP contribution in [0.1, 0.15) is 16.0 Å². The summed E-state index contributed by atoms with van der Waals surface area (Å²) in [4.78, 5) is 17.3. The number of methoxy groups -OCH3 is 1. The van der Waals surface area contributed by atoms with Gasteiger partial charge in [-0.2, -0.15) is 0 Å². The number of thiophene rings is 1. The number of benzene rings is 2. The lowest BCUT2D eigenvalue weighted by molar-refractivity contribution is -0.129. The van der Waals surface area contributed by atoms with E-state index in [2.05, 4.69) is 20.9 Å². The summed E-state index contributed by atoms with van der Waals surface area (Å²) in [5, 5.41) is 2.53. The van der Waals surface area contributed by atoms with Gasteiger partial charge >= 0.3 is 5.97 Å². The van der Waals surface area contributed by atoms with Crippen LogP contribution in [0, 0.1) is 0 Å². The molecule has 0 fully saturated rings. The Labute approximate surface area is 190 Å². The lowest BCUT2D eigenvalue weighted by Crippen LogP contribution is -2.03. The molecule has 0 unspecified atom stereocenters. The second-order valence-electron chi connectivity index (χ2n) is 6.23. The number of ether oxygens (including phenoxy) is 3. The van der Waals surface area contributed by atoms with Crippen molar-refractivity contribution in [2.75, 3.05) is 7.11 Å². The van der Waals surface area contributed by atoms with E-state index in [1.165, 1.54) is 11.3 Å². The number of hydrogen-bond donors (Lipinski definition) is 0. The number of nitrogens with zero attached hydrogens (tertiary/aromatic N) is 1. The molecule has 2 aromatic carbocycles. The molecule has 30 heavy (non-hydrogen) atoms. The molecule has 0 spiro atoms. The molecule has 0 saturated carbocycles. The zero-order valence-electron chi connectivity index (χ0n) is 15.7. The van der Waals surface area contributed by atoms with Crippen molar-refractivity contribution in [3.05, 3.63) is 85.1 Å². The minimum absolute atomic E-state index is 0.220. The van der Waals surface area contributed by atoms with Gasteiger partial charge in [-0.15, -0.1) is 11.3 Å². The molecule has 0 bridgehead atoms. The van der Waals surface area contributed by atoms with Crippen LogP contribution in [-0.2, 0) is 16.1 Å². The highest BCUT2D eigenvalue weighted by Crippen LogP contribution is 2.38. The fourth-order valence-corrected chi connectivity index (χ4v) is 4.21. The van der Waals surface area contributed by atoms with Crippen molar-refractivity contribution in [2.45, 2.75) is 6.61 Å². The molecule has 8 heteroatoms. The van der Waals surface area contributed by atoms with Crippen molar-refractivity contribution in [2.24, 2.45) is 4.99 Å². The zero-order chi connectivity index (χ0) is 21.1. The van der Waals surface area contributed by atoms with E-state index in [4.69, 9.17) is 25.8 Å². The number of cyclic esters (lactones) is 1. The van der Waals surface area contributed by atoms with E-state index < -0.39 is 5.97 Å². The third-order valence-corrected chi connectivity index (χ3v) is 6.05.